The second kappa shape index (κ2) is 9.97. The van der Waals surface area contributed by atoms with E-state index >= 15 is 0 Å². The molecule has 1 atom stereocenters. The molecule has 3 N–H and O–H groups in total. The molecule has 0 fully saturated rings. The molecule has 0 aliphatic carbocycles. The van der Waals surface area contributed by atoms with Crippen LogP contribution in [-0.4, -0.2) is 23.0 Å². The number of rotatable bonds is 4. The van der Waals surface area contributed by atoms with Gasteiger partial charge in [-0.25, -0.2) is 9.00 Å². The van der Waals surface area contributed by atoms with Gasteiger partial charge in [0.05, 0.1) is 16.3 Å². The molecule has 0 radical (unpaired) electrons. The third-order valence-electron chi connectivity index (χ3n) is 3.25. The Labute approximate surface area is 164 Å². The number of carbonyl (C=O) groups is 1. The first-order valence-electron chi connectivity index (χ1n) is 8.78. The summed E-state index contributed by atoms with van der Waals surface area (Å²) in [7, 11) is 0.0467. The van der Waals surface area contributed by atoms with E-state index in [0.29, 0.717) is 22.0 Å². The lowest BCUT2D eigenvalue weighted by Gasteiger charge is -2.26. The van der Waals surface area contributed by atoms with E-state index in [9.17, 15) is 9.00 Å². The molecule has 0 aliphatic heterocycles. The summed E-state index contributed by atoms with van der Waals surface area (Å²) in [5.74, 6) is 0. The van der Waals surface area contributed by atoms with Crippen molar-refractivity contribution in [2.24, 2.45) is 0 Å². The number of carbonyl (C=O) groups excluding carboxylic acids is 1. The highest BCUT2D eigenvalue weighted by molar-refractivity contribution is 7.86. The summed E-state index contributed by atoms with van der Waals surface area (Å²) < 4.78 is 20.9. The molecule has 0 heterocycles. The number of nitrogen functional groups attached to an aromatic ring is 1. The molecule has 27 heavy (non-hydrogen) atoms. The zero-order chi connectivity index (χ0) is 20.6. The highest BCUT2D eigenvalue weighted by atomic mass is 32.2. The highest BCUT2D eigenvalue weighted by Crippen LogP contribution is 2.28. The largest absolute Gasteiger partial charge is 0.443 e. The number of hydrogen-bond donors (Lipinski definition) is 2. The number of para-hydroxylation sites is 3. The van der Waals surface area contributed by atoms with Crippen molar-refractivity contribution < 1.29 is 13.7 Å². The van der Waals surface area contributed by atoms with Gasteiger partial charge in [-0.05, 0) is 45.0 Å². The number of benzene rings is 2. The fourth-order valence-electron chi connectivity index (χ4n) is 2.09. The smallest absolute Gasteiger partial charge is 0.414 e. The third kappa shape index (κ3) is 6.60. The molecule has 0 aromatic heterocycles. The molecule has 1 unspecified atom stereocenters. The summed E-state index contributed by atoms with van der Waals surface area (Å²) in [4.78, 5) is 14.2. The summed E-state index contributed by atoms with van der Waals surface area (Å²) >= 11 is 0. The van der Waals surface area contributed by atoms with Gasteiger partial charge in [0.15, 0.2) is 11.0 Å². The van der Waals surface area contributed by atoms with Crippen LogP contribution in [0.5, 0.6) is 0 Å². The Morgan fingerprint density at radius 3 is 2.22 bits per heavy atom. The Morgan fingerprint density at radius 1 is 1.07 bits per heavy atom. The topological polar surface area (TPSA) is 84.7 Å². The summed E-state index contributed by atoms with van der Waals surface area (Å²) in [6.45, 7) is 9.41. The molecule has 0 aliphatic rings. The average Bonchev–Trinajstić information content (AvgIpc) is 2.62. The fraction of sp³-hybridized carbons (Fsp3) is 0.350. The van der Waals surface area contributed by atoms with Gasteiger partial charge in [0.1, 0.15) is 5.60 Å². The highest BCUT2D eigenvalue weighted by Gasteiger charge is 2.22. The molecule has 0 saturated carbocycles. The summed E-state index contributed by atoms with van der Waals surface area (Å²) in [5.41, 5.74) is 6.80. The Balaban J connectivity index is 0.00000176. The van der Waals surface area contributed by atoms with Crippen molar-refractivity contribution >= 4 is 34.1 Å². The maximum absolute atomic E-state index is 12.6. The Hall–Kier alpha value is -2.54. The maximum Gasteiger partial charge on any atom is 0.414 e. The Kier molecular flexibility index (Phi) is 8.31. The van der Waals surface area contributed by atoms with Gasteiger partial charge in [-0.15, -0.1) is 0 Å². The van der Waals surface area contributed by atoms with Crippen LogP contribution in [0.1, 0.15) is 34.6 Å². The minimum absolute atomic E-state index is 0.436. The number of nitrogens with two attached hydrogens (primary N) is 1. The zero-order valence-corrected chi connectivity index (χ0v) is 17.6. The van der Waals surface area contributed by atoms with Crippen molar-refractivity contribution in [1.82, 2.24) is 0 Å². The summed E-state index contributed by atoms with van der Waals surface area (Å²) in [6.07, 6.45) is -0.494. The monoisotopic (exact) mass is 391 g/mol. The van der Waals surface area contributed by atoms with E-state index in [2.05, 4.69) is 4.72 Å². The fourth-order valence-corrected chi connectivity index (χ4v) is 3.05. The molecule has 2 rings (SSSR count). The first kappa shape index (κ1) is 22.5. The second-order valence-corrected chi connectivity index (χ2v) is 7.65. The van der Waals surface area contributed by atoms with Crippen LogP contribution in [0.4, 0.5) is 21.9 Å². The van der Waals surface area contributed by atoms with Crippen molar-refractivity contribution in [2.75, 3.05) is 22.4 Å². The van der Waals surface area contributed by atoms with Crippen molar-refractivity contribution in [3.8, 4) is 0 Å². The van der Waals surface area contributed by atoms with Crippen LogP contribution >= 0.6 is 0 Å². The summed E-state index contributed by atoms with van der Waals surface area (Å²) in [6, 6.07) is 14.0. The molecule has 0 spiro atoms. The number of anilines is 3. The van der Waals surface area contributed by atoms with Gasteiger partial charge in [0, 0.05) is 12.7 Å². The number of hydrogen-bond acceptors (Lipinski definition) is 4. The number of nitrogens with zero attached hydrogens (tertiary/aromatic N) is 1. The van der Waals surface area contributed by atoms with E-state index in [-0.39, 0.29) is 0 Å². The number of ether oxygens (including phenoxy) is 1. The van der Waals surface area contributed by atoms with Gasteiger partial charge in [0.2, 0.25) is 0 Å². The zero-order valence-electron chi connectivity index (χ0n) is 16.8. The lowest BCUT2D eigenvalue weighted by atomic mass is 10.2. The predicted molar refractivity (Wildman–Crippen MR) is 113 cm³/mol. The lowest BCUT2D eigenvalue weighted by molar-refractivity contribution is 0.0589. The first-order chi connectivity index (χ1) is 12.7. The minimum atomic E-state index is -1.56. The first-order valence-corrected chi connectivity index (χ1v) is 9.92. The van der Waals surface area contributed by atoms with Gasteiger partial charge < -0.3 is 10.5 Å². The molecule has 6 nitrogen and oxygen atoms in total. The number of amides is 1. The number of nitrogens with one attached hydrogen (secondary N) is 1. The van der Waals surface area contributed by atoms with Crippen molar-refractivity contribution in [3.63, 3.8) is 0 Å². The molecule has 7 heteroatoms. The maximum atomic E-state index is 12.6. The SMILES string of the molecule is CC.CN(C(=O)OC(C)(C)C)c1ccccc1NS(=O)c1ccccc1N. The average molecular weight is 392 g/mol. The van der Waals surface area contributed by atoms with Crippen LogP contribution < -0.4 is 15.4 Å². The normalized spacial score (nSPS) is 11.6. The van der Waals surface area contributed by atoms with Crippen LogP contribution in [-0.2, 0) is 15.7 Å². The molecular weight excluding hydrogens is 362 g/mol. The molecule has 2 aromatic carbocycles. The van der Waals surface area contributed by atoms with Gasteiger partial charge >= 0.3 is 6.09 Å². The molecular formula is C20H29N3O3S. The van der Waals surface area contributed by atoms with Crippen LogP contribution in [0.3, 0.4) is 0 Å². The predicted octanol–water partition coefficient (Wildman–Crippen LogP) is 4.80. The molecule has 2 aromatic rings. The standard InChI is InChI=1S/C18H23N3O3S.C2H6/c1-18(2,3)24-17(22)21(4)15-11-7-6-10-14(15)20-25(23)16-12-8-5-9-13(16)19;1-2/h5-12,20H,19H2,1-4H3;1-2H3. The second-order valence-electron chi connectivity index (χ2n) is 6.47. The van der Waals surface area contributed by atoms with Gasteiger partial charge in [-0.2, -0.15) is 0 Å². The van der Waals surface area contributed by atoms with E-state index in [0.717, 1.165) is 0 Å². The van der Waals surface area contributed by atoms with Gasteiger partial charge in [0.25, 0.3) is 0 Å². The van der Waals surface area contributed by atoms with Crippen molar-refractivity contribution in [3.05, 3.63) is 48.5 Å². The molecule has 0 bridgehead atoms. The van der Waals surface area contributed by atoms with Crippen molar-refractivity contribution in [1.29, 1.82) is 0 Å². The third-order valence-corrected chi connectivity index (χ3v) is 4.43. The van der Waals surface area contributed by atoms with Crippen molar-refractivity contribution in [2.45, 2.75) is 45.1 Å². The van der Waals surface area contributed by atoms with Crippen LogP contribution in [0.25, 0.3) is 0 Å². The van der Waals surface area contributed by atoms with E-state index < -0.39 is 22.7 Å². The quantitative estimate of drug-likeness (QED) is 0.733. The minimum Gasteiger partial charge on any atom is -0.443 e. The molecule has 0 saturated heterocycles. The van der Waals surface area contributed by atoms with Crippen LogP contribution in [0, 0.1) is 0 Å². The lowest BCUT2D eigenvalue weighted by Crippen LogP contribution is -2.34. The Bertz CT molecular complexity index is 788. The van der Waals surface area contributed by atoms with E-state index in [4.69, 9.17) is 10.5 Å². The van der Waals surface area contributed by atoms with Crippen LogP contribution in [0.2, 0.25) is 0 Å². The van der Waals surface area contributed by atoms with Gasteiger partial charge in [-0.1, -0.05) is 38.1 Å². The van der Waals surface area contributed by atoms with E-state index in [1.807, 2.05) is 13.8 Å². The Morgan fingerprint density at radius 2 is 1.63 bits per heavy atom. The van der Waals surface area contributed by atoms with E-state index in [1.54, 1.807) is 76.3 Å². The molecule has 148 valence electrons. The van der Waals surface area contributed by atoms with Crippen LogP contribution in [0.15, 0.2) is 53.4 Å². The van der Waals surface area contributed by atoms with E-state index in [1.165, 1.54) is 4.90 Å². The van der Waals surface area contributed by atoms with Gasteiger partial charge in [-0.3, -0.25) is 9.62 Å². The molecule has 1 amide bonds. The summed E-state index contributed by atoms with van der Waals surface area (Å²) in [5, 5.41) is 0.